The van der Waals surface area contributed by atoms with Crippen LogP contribution in [0.1, 0.15) is 29.3 Å². The molecule has 1 heterocycles. The molecule has 8 heteroatoms. The molecule has 0 radical (unpaired) electrons. The molecule has 2 N–H and O–H groups in total. The van der Waals surface area contributed by atoms with Gasteiger partial charge in [-0.2, -0.15) is 0 Å². The van der Waals surface area contributed by atoms with E-state index in [4.69, 9.17) is 9.84 Å². The minimum absolute atomic E-state index is 0.242. The molecule has 1 fully saturated rings. The Balaban J connectivity index is 1.48. The fourth-order valence-corrected chi connectivity index (χ4v) is 4.81. The van der Waals surface area contributed by atoms with Crippen LogP contribution in [-0.4, -0.2) is 22.2 Å². The topological polar surface area (TPSA) is 92.7 Å². The molecule has 0 saturated carbocycles. The summed E-state index contributed by atoms with van der Waals surface area (Å²) in [4.78, 5) is 34.6. The van der Waals surface area contributed by atoms with Crippen LogP contribution in [0, 0.1) is 5.41 Å². The van der Waals surface area contributed by atoms with E-state index in [1.165, 1.54) is 0 Å². The lowest BCUT2D eigenvalue weighted by Gasteiger charge is -2.36. The molecular weight excluding hydrogens is 482 g/mol. The van der Waals surface area contributed by atoms with Crippen molar-refractivity contribution in [3.8, 4) is 0 Å². The molecule has 1 aromatic rings. The Kier molecular flexibility index (Phi) is 5.77. The van der Waals surface area contributed by atoms with Crippen molar-refractivity contribution in [3.05, 3.63) is 92.1 Å². The zero-order valence-electron chi connectivity index (χ0n) is 16.5. The molecule has 1 aromatic carbocycles. The van der Waals surface area contributed by atoms with E-state index in [1.54, 1.807) is 30.3 Å². The molecule has 158 valence electrons. The van der Waals surface area contributed by atoms with Gasteiger partial charge in [-0.1, -0.05) is 47.1 Å². The number of nitrogens with one attached hydrogen (secondary N) is 1. The lowest BCUT2D eigenvalue weighted by atomic mass is 9.72. The van der Waals surface area contributed by atoms with Crippen LogP contribution in [0.15, 0.2) is 80.9 Å². The molecule has 0 aromatic heterocycles. The number of carboxylic acids is 1. The van der Waals surface area contributed by atoms with Gasteiger partial charge in [-0.25, -0.2) is 4.79 Å². The quantitative estimate of drug-likeness (QED) is 0.540. The summed E-state index contributed by atoms with van der Waals surface area (Å²) < 4.78 is 6.86. The van der Waals surface area contributed by atoms with Crippen LogP contribution in [0.2, 0.25) is 0 Å². The largest absolute Gasteiger partial charge is 0.489 e. The highest BCUT2D eigenvalue weighted by Gasteiger charge is 2.36. The molecule has 1 aliphatic heterocycles. The van der Waals surface area contributed by atoms with Crippen molar-refractivity contribution in [2.75, 3.05) is 0 Å². The lowest BCUT2D eigenvalue weighted by molar-refractivity contribution is -0.115. The van der Waals surface area contributed by atoms with Crippen molar-refractivity contribution in [2.24, 2.45) is 5.41 Å². The third-order valence-corrected chi connectivity index (χ3v) is 7.51. The molecule has 0 spiro atoms. The number of ether oxygens (including phenoxy) is 1. The molecule has 3 aliphatic rings. The summed E-state index contributed by atoms with van der Waals surface area (Å²) in [6.07, 6.45) is 10.3. The molecule has 2 aliphatic carbocycles. The Bertz CT molecular complexity index is 1140. The van der Waals surface area contributed by atoms with Crippen molar-refractivity contribution in [2.45, 2.75) is 20.0 Å². The SMILES string of the molecule is CC12CC=C(OCc3ccc(C(=O)O)cc3)C=C1C=CC(/C=C1\SC(=O)NC1=O)=C2Br. The molecular formula is C23H18BrNO5S. The van der Waals surface area contributed by atoms with Crippen LogP contribution in [-0.2, 0) is 16.1 Å². The molecule has 1 unspecified atom stereocenters. The van der Waals surface area contributed by atoms with Crippen molar-refractivity contribution in [1.82, 2.24) is 5.32 Å². The first-order chi connectivity index (χ1) is 14.8. The minimum atomic E-state index is -0.956. The Hall–Kier alpha value is -2.84. The number of hydrogen-bond donors (Lipinski definition) is 2. The van der Waals surface area contributed by atoms with Gasteiger partial charge in [0.1, 0.15) is 12.4 Å². The first-order valence-corrected chi connectivity index (χ1v) is 11.1. The number of allylic oxidation sites excluding steroid dienone is 8. The number of fused-ring (bicyclic) bond motifs is 1. The predicted molar refractivity (Wildman–Crippen MR) is 121 cm³/mol. The summed E-state index contributed by atoms with van der Waals surface area (Å²) in [6, 6.07) is 6.60. The second-order valence-corrected chi connectivity index (χ2v) is 9.30. The standard InChI is InChI=1S/C23H18BrNO5S/c1-23-9-8-17(30-12-13-2-4-14(5-3-13)21(27)28)11-16(23)7-6-15(19(23)24)10-18-20(26)25-22(29)31-18/h2-8,10-11H,9,12H2,1H3,(H,27,28)(H,25,26,29)/b18-10-. The van der Waals surface area contributed by atoms with Crippen molar-refractivity contribution < 1.29 is 24.2 Å². The van der Waals surface area contributed by atoms with Gasteiger partial charge in [0.05, 0.1) is 10.5 Å². The lowest BCUT2D eigenvalue weighted by Crippen LogP contribution is -2.24. The second-order valence-electron chi connectivity index (χ2n) is 7.49. The van der Waals surface area contributed by atoms with Crippen LogP contribution >= 0.6 is 27.7 Å². The third-order valence-electron chi connectivity index (χ3n) is 5.36. The predicted octanol–water partition coefficient (Wildman–Crippen LogP) is 5.21. The number of thioether (sulfide) groups is 1. The Morgan fingerprint density at radius 1 is 1.29 bits per heavy atom. The second kappa shape index (κ2) is 8.36. The average Bonchev–Trinajstić information content (AvgIpc) is 3.06. The highest BCUT2D eigenvalue weighted by molar-refractivity contribution is 9.11. The first kappa shape index (κ1) is 21.4. The van der Waals surface area contributed by atoms with E-state index in [-0.39, 0.29) is 22.1 Å². The van der Waals surface area contributed by atoms with Crippen LogP contribution in [0.3, 0.4) is 0 Å². The van der Waals surface area contributed by atoms with Gasteiger partial charge in [0, 0.05) is 9.90 Å². The summed E-state index contributed by atoms with van der Waals surface area (Å²) in [5, 5.41) is 10.9. The van der Waals surface area contributed by atoms with Gasteiger partial charge in [0.25, 0.3) is 11.1 Å². The maximum atomic E-state index is 11.9. The fourth-order valence-electron chi connectivity index (χ4n) is 3.50. The highest BCUT2D eigenvalue weighted by atomic mass is 79.9. The van der Waals surface area contributed by atoms with E-state index < -0.39 is 5.97 Å². The van der Waals surface area contributed by atoms with Crippen molar-refractivity contribution in [1.29, 1.82) is 0 Å². The van der Waals surface area contributed by atoms with E-state index in [9.17, 15) is 14.4 Å². The fraction of sp³-hybridized carbons (Fsp3) is 0.174. The van der Waals surface area contributed by atoms with E-state index in [0.29, 0.717) is 17.9 Å². The summed E-state index contributed by atoms with van der Waals surface area (Å²) in [7, 11) is 0. The maximum absolute atomic E-state index is 11.9. The number of carbonyl (C=O) groups excluding carboxylic acids is 2. The molecule has 1 saturated heterocycles. The summed E-state index contributed by atoms with van der Waals surface area (Å²) >= 11 is 4.61. The summed E-state index contributed by atoms with van der Waals surface area (Å²) in [6.45, 7) is 2.44. The molecule has 31 heavy (non-hydrogen) atoms. The number of halogens is 1. The third kappa shape index (κ3) is 4.31. The average molecular weight is 500 g/mol. The van der Waals surface area contributed by atoms with Gasteiger partial charge in [0.15, 0.2) is 0 Å². The van der Waals surface area contributed by atoms with Gasteiger partial charge in [-0.15, -0.1) is 0 Å². The van der Waals surface area contributed by atoms with Gasteiger partial charge in [0.2, 0.25) is 0 Å². The minimum Gasteiger partial charge on any atom is -0.489 e. The van der Waals surface area contributed by atoms with Crippen LogP contribution < -0.4 is 5.32 Å². The zero-order chi connectivity index (χ0) is 22.2. The Morgan fingerprint density at radius 2 is 2.03 bits per heavy atom. The van der Waals surface area contributed by atoms with Crippen LogP contribution in [0.5, 0.6) is 0 Å². The van der Waals surface area contributed by atoms with E-state index >= 15 is 0 Å². The van der Waals surface area contributed by atoms with Gasteiger partial charge in [-0.05, 0) is 65.3 Å². The monoisotopic (exact) mass is 499 g/mol. The number of benzene rings is 1. The Morgan fingerprint density at radius 3 is 2.68 bits per heavy atom. The molecule has 2 amide bonds. The van der Waals surface area contributed by atoms with Crippen molar-refractivity contribution in [3.63, 3.8) is 0 Å². The van der Waals surface area contributed by atoms with Crippen LogP contribution in [0.4, 0.5) is 4.79 Å². The van der Waals surface area contributed by atoms with E-state index in [1.807, 2.05) is 24.3 Å². The molecule has 4 rings (SSSR count). The zero-order valence-corrected chi connectivity index (χ0v) is 18.9. The van der Waals surface area contributed by atoms with Gasteiger partial charge in [-0.3, -0.25) is 14.9 Å². The van der Waals surface area contributed by atoms with Crippen LogP contribution in [0.25, 0.3) is 0 Å². The maximum Gasteiger partial charge on any atom is 0.335 e. The van der Waals surface area contributed by atoms with Gasteiger partial charge >= 0.3 is 5.97 Å². The highest BCUT2D eigenvalue weighted by Crippen LogP contribution is 2.50. The van der Waals surface area contributed by atoms with Gasteiger partial charge < -0.3 is 9.84 Å². The molecule has 1 atom stereocenters. The van der Waals surface area contributed by atoms with E-state index in [0.717, 1.165) is 38.7 Å². The normalized spacial score (nSPS) is 24.0. The Labute approximate surface area is 191 Å². The first-order valence-electron chi connectivity index (χ1n) is 9.47. The number of imide groups is 1. The molecule has 6 nitrogen and oxygen atoms in total. The summed E-state index contributed by atoms with van der Waals surface area (Å²) in [5.74, 6) is -0.584. The molecule has 0 bridgehead atoms. The smallest absolute Gasteiger partial charge is 0.335 e. The van der Waals surface area contributed by atoms with E-state index in [2.05, 4.69) is 28.2 Å². The number of rotatable bonds is 5. The number of amides is 2. The van der Waals surface area contributed by atoms with Crippen molar-refractivity contribution >= 4 is 44.8 Å². The number of carboxylic acid groups (broad SMARTS) is 1. The summed E-state index contributed by atoms with van der Waals surface area (Å²) in [5.41, 5.74) is 2.74. The number of hydrogen-bond acceptors (Lipinski definition) is 5. The number of aromatic carboxylic acids is 1. The number of carbonyl (C=O) groups is 3.